The number of benzene rings is 2. The quantitative estimate of drug-likeness (QED) is 0.477. The minimum Gasteiger partial charge on any atom is -0.449 e. The van der Waals surface area contributed by atoms with Crippen LogP contribution in [0.25, 0.3) is 0 Å². The molecule has 1 N–H and O–H groups in total. The number of nitro groups is 1. The van der Waals surface area contributed by atoms with Gasteiger partial charge in [-0.05, 0) is 37.3 Å². The summed E-state index contributed by atoms with van der Waals surface area (Å²) < 4.78 is 5.00. The lowest BCUT2D eigenvalue weighted by Gasteiger charge is -2.14. The molecule has 0 spiro atoms. The van der Waals surface area contributed by atoms with Gasteiger partial charge in [0.25, 0.3) is 11.6 Å². The lowest BCUT2D eigenvalue weighted by atomic mass is 10.2. The second-order valence-corrected chi connectivity index (χ2v) is 5.84. The number of nitrogens with zero attached hydrogens (tertiary/aromatic N) is 1. The summed E-state index contributed by atoms with van der Waals surface area (Å²) in [5.74, 6) is -1.64. The van der Waals surface area contributed by atoms with Crippen molar-refractivity contribution >= 4 is 46.5 Å². The Hall–Kier alpha value is -2.64. The Morgan fingerprint density at radius 3 is 2.48 bits per heavy atom. The molecule has 0 saturated carbocycles. The average Bonchev–Trinajstić information content (AvgIpc) is 2.54. The Morgan fingerprint density at radius 1 is 1.16 bits per heavy atom. The van der Waals surface area contributed by atoms with Gasteiger partial charge in [-0.15, -0.1) is 0 Å². The zero-order valence-electron chi connectivity index (χ0n) is 12.9. The molecule has 0 heterocycles. The highest BCUT2D eigenvalue weighted by Crippen LogP contribution is 2.24. The third kappa shape index (κ3) is 4.91. The number of nitro benzene ring substituents is 1. The fourth-order valence-corrected chi connectivity index (χ4v) is 2.28. The van der Waals surface area contributed by atoms with Gasteiger partial charge in [-0.3, -0.25) is 14.9 Å². The van der Waals surface area contributed by atoms with Gasteiger partial charge in [0.2, 0.25) is 0 Å². The first kappa shape index (κ1) is 18.7. The molecule has 0 aliphatic heterocycles. The molecule has 0 aromatic heterocycles. The molecule has 1 atom stereocenters. The molecular formula is C16H12Cl2N2O5. The van der Waals surface area contributed by atoms with Crippen molar-refractivity contribution in [2.75, 3.05) is 5.32 Å². The maximum atomic E-state index is 12.2. The molecule has 2 aromatic rings. The first-order valence-electron chi connectivity index (χ1n) is 6.99. The summed E-state index contributed by atoms with van der Waals surface area (Å²) in [4.78, 5) is 34.5. The van der Waals surface area contributed by atoms with Crippen molar-refractivity contribution in [1.29, 1.82) is 0 Å². The van der Waals surface area contributed by atoms with Crippen molar-refractivity contribution in [1.82, 2.24) is 0 Å². The van der Waals surface area contributed by atoms with E-state index in [-0.39, 0.29) is 10.6 Å². The number of carbonyl (C=O) groups is 2. The molecule has 2 rings (SSSR count). The summed E-state index contributed by atoms with van der Waals surface area (Å²) in [6.07, 6.45) is -1.19. The SMILES string of the molecule is C[C@@H](OC(=O)c1cc(Cl)ccc1[N+](=O)[O-])C(=O)Nc1cccc(Cl)c1. The summed E-state index contributed by atoms with van der Waals surface area (Å²) in [5.41, 5.74) is -0.370. The first-order valence-corrected chi connectivity index (χ1v) is 7.75. The lowest BCUT2D eigenvalue weighted by Crippen LogP contribution is -2.30. The molecule has 2 aromatic carbocycles. The van der Waals surface area contributed by atoms with E-state index < -0.39 is 28.6 Å². The maximum Gasteiger partial charge on any atom is 0.345 e. The Labute approximate surface area is 152 Å². The zero-order valence-corrected chi connectivity index (χ0v) is 14.4. The topological polar surface area (TPSA) is 98.5 Å². The Bertz CT molecular complexity index is 841. The Morgan fingerprint density at radius 2 is 1.84 bits per heavy atom. The second kappa shape index (κ2) is 7.96. The van der Waals surface area contributed by atoms with Crippen LogP contribution in [-0.2, 0) is 9.53 Å². The maximum absolute atomic E-state index is 12.2. The molecule has 130 valence electrons. The number of halogens is 2. The van der Waals surface area contributed by atoms with E-state index in [2.05, 4.69) is 5.32 Å². The van der Waals surface area contributed by atoms with E-state index in [1.165, 1.54) is 19.1 Å². The summed E-state index contributed by atoms with van der Waals surface area (Å²) in [5, 5.41) is 14.1. The highest BCUT2D eigenvalue weighted by atomic mass is 35.5. The van der Waals surface area contributed by atoms with Gasteiger partial charge in [0, 0.05) is 21.8 Å². The number of rotatable bonds is 5. The highest BCUT2D eigenvalue weighted by molar-refractivity contribution is 6.31. The molecule has 9 heteroatoms. The summed E-state index contributed by atoms with van der Waals surface area (Å²) >= 11 is 11.6. The molecule has 0 unspecified atom stereocenters. The van der Waals surface area contributed by atoms with Crippen LogP contribution in [0.1, 0.15) is 17.3 Å². The van der Waals surface area contributed by atoms with Crippen LogP contribution < -0.4 is 5.32 Å². The predicted octanol–water partition coefficient (Wildman–Crippen LogP) is 4.09. The number of carbonyl (C=O) groups excluding carboxylic acids is 2. The van der Waals surface area contributed by atoms with Crippen LogP contribution in [0.3, 0.4) is 0 Å². The average molecular weight is 383 g/mol. The zero-order chi connectivity index (χ0) is 18.6. The normalized spacial score (nSPS) is 11.5. The van der Waals surface area contributed by atoms with Crippen molar-refractivity contribution in [2.24, 2.45) is 0 Å². The molecule has 0 aliphatic rings. The third-order valence-corrected chi connectivity index (χ3v) is 3.59. The van der Waals surface area contributed by atoms with Crippen LogP contribution in [0.15, 0.2) is 42.5 Å². The monoisotopic (exact) mass is 382 g/mol. The van der Waals surface area contributed by atoms with Crippen molar-refractivity contribution in [3.8, 4) is 0 Å². The predicted molar refractivity (Wildman–Crippen MR) is 93.1 cm³/mol. The molecule has 0 saturated heterocycles. The van der Waals surface area contributed by atoms with Gasteiger partial charge < -0.3 is 10.1 Å². The summed E-state index contributed by atoms with van der Waals surface area (Å²) in [6.45, 7) is 1.34. The van der Waals surface area contributed by atoms with Crippen molar-refractivity contribution < 1.29 is 19.2 Å². The van der Waals surface area contributed by atoms with Gasteiger partial charge in [-0.2, -0.15) is 0 Å². The molecule has 0 aliphatic carbocycles. The fourth-order valence-electron chi connectivity index (χ4n) is 1.92. The van der Waals surface area contributed by atoms with Crippen LogP contribution in [0.4, 0.5) is 11.4 Å². The van der Waals surface area contributed by atoms with E-state index in [0.29, 0.717) is 10.7 Å². The van der Waals surface area contributed by atoms with Crippen LogP contribution in [-0.4, -0.2) is 22.9 Å². The van der Waals surface area contributed by atoms with Crippen molar-refractivity contribution in [3.05, 3.63) is 68.2 Å². The van der Waals surface area contributed by atoms with Gasteiger partial charge in [0.05, 0.1) is 4.92 Å². The van der Waals surface area contributed by atoms with Gasteiger partial charge in [-0.25, -0.2) is 4.79 Å². The Kier molecular flexibility index (Phi) is 5.95. The van der Waals surface area contributed by atoms with E-state index in [4.69, 9.17) is 27.9 Å². The molecule has 0 radical (unpaired) electrons. The van der Waals surface area contributed by atoms with Crippen molar-refractivity contribution in [2.45, 2.75) is 13.0 Å². The van der Waals surface area contributed by atoms with Gasteiger partial charge in [0.1, 0.15) is 5.56 Å². The first-order chi connectivity index (χ1) is 11.8. The van der Waals surface area contributed by atoms with Gasteiger partial charge in [0.15, 0.2) is 6.10 Å². The molecule has 25 heavy (non-hydrogen) atoms. The molecule has 7 nitrogen and oxygen atoms in total. The van der Waals surface area contributed by atoms with E-state index in [9.17, 15) is 19.7 Å². The largest absolute Gasteiger partial charge is 0.449 e. The minimum atomic E-state index is -1.19. The Balaban J connectivity index is 2.11. The number of ether oxygens (including phenoxy) is 1. The molecule has 1 amide bonds. The van der Waals surface area contributed by atoms with Crippen LogP contribution >= 0.6 is 23.2 Å². The molecule has 0 fully saturated rings. The van der Waals surface area contributed by atoms with Crippen molar-refractivity contribution in [3.63, 3.8) is 0 Å². The van der Waals surface area contributed by atoms with Gasteiger partial charge in [-0.1, -0.05) is 29.3 Å². The number of esters is 1. The van der Waals surface area contributed by atoms with E-state index >= 15 is 0 Å². The number of nitrogens with one attached hydrogen (secondary N) is 1. The smallest absolute Gasteiger partial charge is 0.345 e. The fraction of sp³-hybridized carbons (Fsp3) is 0.125. The molecular weight excluding hydrogens is 371 g/mol. The molecule has 0 bridgehead atoms. The lowest BCUT2D eigenvalue weighted by molar-refractivity contribution is -0.385. The van der Waals surface area contributed by atoms with Crippen LogP contribution in [0.5, 0.6) is 0 Å². The second-order valence-electron chi connectivity index (χ2n) is 4.97. The number of amides is 1. The number of anilines is 1. The number of hydrogen-bond acceptors (Lipinski definition) is 5. The highest BCUT2D eigenvalue weighted by Gasteiger charge is 2.25. The number of hydrogen-bond donors (Lipinski definition) is 1. The minimum absolute atomic E-state index is 0.133. The third-order valence-electron chi connectivity index (χ3n) is 3.12. The van der Waals surface area contributed by atoms with E-state index in [1.54, 1.807) is 18.2 Å². The standard InChI is InChI=1S/C16H12Cl2N2O5/c1-9(15(21)19-12-4-2-3-10(17)7-12)25-16(22)13-8-11(18)5-6-14(13)20(23)24/h2-9H,1H3,(H,19,21)/t9-/m1/s1. The van der Waals surface area contributed by atoms with E-state index in [1.807, 2.05) is 0 Å². The van der Waals surface area contributed by atoms with Gasteiger partial charge >= 0.3 is 5.97 Å². The van der Waals surface area contributed by atoms with Crippen LogP contribution in [0.2, 0.25) is 10.0 Å². The van der Waals surface area contributed by atoms with Crippen LogP contribution in [0, 0.1) is 10.1 Å². The summed E-state index contributed by atoms with van der Waals surface area (Å²) in [6, 6.07) is 9.91. The van der Waals surface area contributed by atoms with E-state index in [0.717, 1.165) is 12.1 Å². The summed E-state index contributed by atoms with van der Waals surface area (Å²) in [7, 11) is 0.